The SMILES string of the molecule is CCCCCN(C)CCCCO[C@H]1CC[C@H](N(C)C(=O)Oc2ccc(F)cc2F)CC1. The quantitative estimate of drug-likeness (QED) is 0.395. The summed E-state index contributed by atoms with van der Waals surface area (Å²) in [6.45, 7) is 5.29. The van der Waals surface area contributed by atoms with Gasteiger partial charge in [0.25, 0.3) is 0 Å². The highest BCUT2D eigenvalue weighted by molar-refractivity contribution is 5.70. The second-order valence-corrected chi connectivity index (χ2v) is 8.57. The third-order valence-electron chi connectivity index (χ3n) is 6.00. The first kappa shape index (κ1) is 25.5. The predicted octanol–water partition coefficient (Wildman–Crippen LogP) is 5.63. The summed E-state index contributed by atoms with van der Waals surface area (Å²) in [4.78, 5) is 16.2. The molecule has 1 aliphatic rings. The number of ether oxygens (including phenoxy) is 2. The molecule has 1 aromatic rings. The Hall–Kier alpha value is -1.73. The van der Waals surface area contributed by atoms with Crippen molar-refractivity contribution in [1.29, 1.82) is 0 Å². The first-order valence-electron chi connectivity index (χ1n) is 11.6. The molecule has 1 amide bonds. The average Bonchev–Trinajstić information content (AvgIpc) is 2.75. The summed E-state index contributed by atoms with van der Waals surface area (Å²) in [5, 5.41) is 0. The lowest BCUT2D eigenvalue weighted by Crippen LogP contribution is -2.42. The van der Waals surface area contributed by atoms with Crippen LogP contribution in [0.1, 0.15) is 64.7 Å². The van der Waals surface area contributed by atoms with Gasteiger partial charge >= 0.3 is 6.09 Å². The highest BCUT2D eigenvalue weighted by Gasteiger charge is 2.28. The minimum Gasteiger partial charge on any atom is -0.407 e. The van der Waals surface area contributed by atoms with Gasteiger partial charge in [-0.1, -0.05) is 19.8 Å². The predicted molar refractivity (Wildman–Crippen MR) is 118 cm³/mol. The van der Waals surface area contributed by atoms with Crippen LogP contribution in [0.3, 0.4) is 0 Å². The van der Waals surface area contributed by atoms with Crippen LogP contribution in [0.25, 0.3) is 0 Å². The van der Waals surface area contributed by atoms with E-state index in [1.165, 1.54) is 30.7 Å². The second-order valence-electron chi connectivity index (χ2n) is 8.57. The summed E-state index contributed by atoms with van der Waals surface area (Å²) < 4.78 is 37.8. The number of carbonyl (C=O) groups excluding carboxylic acids is 1. The minimum atomic E-state index is -0.883. The van der Waals surface area contributed by atoms with Crippen LogP contribution in [0.4, 0.5) is 13.6 Å². The van der Waals surface area contributed by atoms with E-state index >= 15 is 0 Å². The van der Waals surface area contributed by atoms with Gasteiger partial charge in [-0.3, -0.25) is 0 Å². The summed E-state index contributed by atoms with van der Waals surface area (Å²) in [5.74, 6) is -1.85. The van der Waals surface area contributed by atoms with E-state index in [-0.39, 0.29) is 17.9 Å². The lowest BCUT2D eigenvalue weighted by Gasteiger charge is -2.34. The Labute approximate surface area is 185 Å². The van der Waals surface area contributed by atoms with Gasteiger partial charge in [0.2, 0.25) is 0 Å². The van der Waals surface area contributed by atoms with Crippen molar-refractivity contribution in [3.8, 4) is 5.75 Å². The number of hydrogen-bond acceptors (Lipinski definition) is 4. The monoisotopic (exact) mass is 440 g/mol. The zero-order valence-corrected chi connectivity index (χ0v) is 19.2. The van der Waals surface area contributed by atoms with Crippen molar-refractivity contribution in [2.24, 2.45) is 0 Å². The average molecular weight is 441 g/mol. The Morgan fingerprint density at radius 2 is 1.71 bits per heavy atom. The molecule has 176 valence electrons. The van der Waals surface area contributed by atoms with Crippen LogP contribution in [-0.2, 0) is 4.74 Å². The summed E-state index contributed by atoms with van der Waals surface area (Å²) in [5.41, 5.74) is 0. The minimum absolute atomic E-state index is 0.0348. The van der Waals surface area contributed by atoms with Gasteiger partial charge in [-0.15, -0.1) is 0 Å². The molecule has 0 N–H and O–H groups in total. The van der Waals surface area contributed by atoms with Gasteiger partial charge in [0, 0.05) is 25.8 Å². The number of unbranched alkanes of at least 4 members (excludes halogenated alkanes) is 3. The molecule has 0 aliphatic heterocycles. The lowest BCUT2D eigenvalue weighted by atomic mass is 9.92. The zero-order valence-electron chi connectivity index (χ0n) is 19.2. The van der Waals surface area contributed by atoms with Crippen LogP contribution in [0.5, 0.6) is 5.75 Å². The molecule has 7 heteroatoms. The standard InChI is InChI=1S/C24H38F2N2O3/c1-4-5-6-15-27(2)16-7-8-17-30-21-12-10-20(11-13-21)28(3)24(29)31-23-14-9-19(25)18-22(23)26/h9,14,18,20-21H,4-8,10-13,15-17H2,1-3H3/t20-,21-. The van der Waals surface area contributed by atoms with Gasteiger partial charge in [-0.25, -0.2) is 13.6 Å². The smallest absolute Gasteiger partial charge is 0.407 e. The zero-order chi connectivity index (χ0) is 22.6. The maximum absolute atomic E-state index is 13.7. The maximum atomic E-state index is 13.7. The van der Waals surface area contributed by atoms with Crippen molar-refractivity contribution < 1.29 is 23.0 Å². The fraction of sp³-hybridized carbons (Fsp3) is 0.708. The normalized spacial score (nSPS) is 18.9. The van der Waals surface area contributed by atoms with Gasteiger partial charge in [-0.05, 0) is 77.2 Å². The van der Waals surface area contributed by atoms with Gasteiger partial charge in [0.15, 0.2) is 11.6 Å². The Morgan fingerprint density at radius 3 is 2.35 bits per heavy atom. The van der Waals surface area contributed by atoms with E-state index in [1.54, 1.807) is 7.05 Å². The van der Waals surface area contributed by atoms with Crippen LogP contribution < -0.4 is 4.74 Å². The molecule has 0 heterocycles. The summed E-state index contributed by atoms with van der Waals surface area (Å²) >= 11 is 0. The third-order valence-corrected chi connectivity index (χ3v) is 6.00. The van der Waals surface area contributed by atoms with Crippen molar-refractivity contribution in [2.75, 3.05) is 33.8 Å². The number of hydrogen-bond donors (Lipinski definition) is 0. The van der Waals surface area contributed by atoms with Crippen LogP contribution in [0.2, 0.25) is 0 Å². The second kappa shape index (κ2) is 13.6. The Kier molecular flexibility index (Phi) is 11.2. The molecule has 0 aromatic heterocycles. The van der Waals surface area contributed by atoms with Gasteiger partial charge in [-0.2, -0.15) is 0 Å². The lowest BCUT2D eigenvalue weighted by molar-refractivity contribution is 0.0100. The van der Waals surface area contributed by atoms with Crippen LogP contribution in [0, 0.1) is 11.6 Å². The first-order valence-corrected chi connectivity index (χ1v) is 11.6. The van der Waals surface area contributed by atoms with Crippen molar-refractivity contribution in [3.05, 3.63) is 29.8 Å². The van der Waals surface area contributed by atoms with E-state index in [4.69, 9.17) is 9.47 Å². The van der Waals surface area contributed by atoms with E-state index in [0.29, 0.717) is 6.07 Å². The molecule has 0 spiro atoms. The van der Waals surface area contributed by atoms with Gasteiger partial charge in [0.1, 0.15) is 5.82 Å². The number of rotatable bonds is 12. The van der Waals surface area contributed by atoms with E-state index in [0.717, 1.165) is 63.8 Å². The first-order chi connectivity index (χ1) is 14.9. The van der Waals surface area contributed by atoms with Gasteiger partial charge in [0.05, 0.1) is 6.10 Å². The molecule has 1 aromatic carbocycles. The Balaban J connectivity index is 1.60. The molecule has 0 unspecified atom stereocenters. The number of benzene rings is 1. The van der Waals surface area contributed by atoms with E-state index in [1.807, 2.05) is 0 Å². The number of amides is 1. The summed E-state index contributed by atoms with van der Waals surface area (Å²) in [6, 6.07) is 2.94. The molecule has 1 fully saturated rings. The Morgan fingerprint density at radius 1 is 1.03 bits per heavy atom. The number of nitrogens with zero attached hydrogens (tertiary/aromatic N) is 2. The van der Waals surface area contributed by atoms with E-state index in [2.05, 4.69) is 18.9 Å². The van der Waals surface area contributed by atoms with Crippen molar-refractivity contribution in [1.82, 2.24) is 9.80 Å². The van der Waals surface area contributed by atoms with Crippen LogP contribution >= 0.6 is 0 Å². The van der Waals surface area contributed by atoms with Crippen molar-refractivity contribution >= 4 is 6.09 Å². The van der Waals surface area contributed by atoms with Gasteiger partial charge < -0.3 is 19.3 Å². The summed E-state index contributed by atoms with van der Waals surface area (Å²) in [6.07, 6.45) is 9.07. The summed E-state index contributed by atoms with van der Waals surface area (Å²) in [7, 11) is 3.84. The molecule has 5 nitrogen and oxygen atoms in total. The Bertz CT molecular complexity index is 666. The fourth-order valence-electron chi connectivity index (χ4n) is 3.95. The molecule has 0 atom stereocenters. The molecule has 0 saturated heterocycles. The molecule has 1 aliphatic carbocycles. The third kappa shape index (κ3) is 9.11. The molecule has 1 saturated carbocycles. The highest BCUT2D eigenvalue weighted by atomic mass is 19.1. The van der Waals surface area contributed by atoms with E-state index < -0.39 is 17.7 Å². The highest BCUT2D eigenvalue weighted by Crippen LogP contribution is 2.26. The van der Waals surface area contributed by atoms with Crippen molar-refractivity contribution in [2.45, 2.75) is 76.9 Å². The molecular weight excluding hydrogens is 402 g/mol. The molecule has 2 rings (SSSR count). The topological polar surface area (TPSA) is 42.0 Å². The number of halogens is 2. The van der Waals surface area contributed by atoms with Crippen LogP contribution in [0.15, 0.2) is 18.2 Å². The molecule has 0 bridgehead atoms. The number of carbonyl (C=O) groups is 1. The van der Waals surface area contributed by atoms with Crippen LogP contribution in [-0.4, -0.2) is 61.8 Å². The maximum Gasteiger partial charge on any atom is 0.415 e. The van der Waals surface area contributed by atoms with E-state index in [9.17, 15) is 13.6 Å². The molecule has 0 radical (unpaired) electrons. The largest absolute Gasteiger partial charge is 0.415 e. The fourth-order valence-corrected chi connectivity index (χ4v) is 3.95. The molecule has 31 heavy (non-hydrogen) atoms. The molecular formula is C24H38F2N2O3. The van der Waals surface area contributed by atoms with Crippen molar-refractivity contribution in [3.63, 3.8) is 0 Å².